The minimum absolute atomic E-state index is 0.114. The maximum Gasteiger partial charge on any atom is 0.417 e. The minimum Gasteiger partial charge on any atom is -0.368 e. The highest BCUT2D eigenvalue weighted by atomic mass is 19.4. The fourth-order valence-corrected chi connectivity index (χ4v) is 4.32. The molecule has 2 heterocycles. The number of aliphatic imine (C=N–C) groups is 2. The van der Waals surface area contributed by atoms with E-state index in [1.807, 2.05) is 6.92 Å². The standard InChI is InChI=1S/C26H29F4N5O/c1-5-12-32-24(31-4)23-17(3)20(27)10-9-19(23)25(36)35-13-6-7-16(2)21(35)15-34-22-11-8-18(14-33-22)26(28,29)30/h5,8-12,14,16,21H,4,6-7,13,15H2,1-3H3,(H,33,34)/b12-5-,32-24?/t16-,21-/m1/s1. The van der Waals surface area contributed by atoms with Gasteiger partial charge in [-0.1, -0.05) is 13.0 Å². The Bertz CT molecular complexity index is 1160. The SMILES string of the molecule is C=NC(=N/C=C\C)c1c(C(=O)N2CCC[C@@H](C)[C@H]2CNc2ccc(C(F)(F)F)cn2)ccc(F)c1C. The van der Waals surface area contributed by atoms with E-state index in [-0.39, 0.29) is 46.2 Å². The lowest BCUT2D eigenvalue weighted by molar-refractivity contribution is -0.137. The maximum atomic E-state index is 14.5. The van der Waals surface area contributed by atoms with Gasteiger partial charge in [-0.3, -0.25) is 4.79 Å². The fourth-order valence-electron chi connectivity index (χ4n) is 4.32. The molecule has 1 saturated heterocycles. The number of amidine groups is 1. The van der Waals surface area contributed by atoms with Crippen LogP contribution in [0.25, 0.3) is 0 Å². The Labute approximate surface area is 207 Å². The number of allylic oxidation sites excluding steroid dienone is 1. The number of likely N-dealkylation sites (tertiary alicyclic amines) is 1. The molecule has 192 valence electrons. The van der Waals surface area contributed by atoms with Crippen molar-refractivity contribution in [3.63, 3.8) is 0 Å². The van der Waals surface area contributed by atoms with Gasteiger partial charge < -0.3 is 10.2 Å². The highest BCUT2D eigenvalue weighted by Gasteiger charge is 2.34. The van der Waals surface area contributed by atoms with Gasteiger partial charge in [0.05, 0.1) is 17.2 Å². The van der Waals surface area contributed by atoms with Gasteiger partial charge in [0, 0.05) is 31.0 Å². The van der Waals surface area contributed by atoms with Crippen molar-refractivity contribution >= 4 is 24.3 Å². The number of hydrogen-bond donors (Lipinski definition) is 1. The summed E-state index contributed by atoms with van der Waals surface area (Å²) in [5.74, 6) is -0.255. The molecule has 1 amide bonds. The Kier molecular flexibility index (Phi) is 8.60. The fraction of sp³-hybridized carbons (Fsp3) is 0.385. The summed E-state index contributed by atoms with van der Waals surface area (Å²) >= 11 is 0. The van der Waals surface area contributed by atoms with Crippen molar-refractivity contribution in [2.24, 2.45) is 15.9 Å². The van der Waals surface area contributed by atoms with E-state index in [4.69, 9.17) is 0 Å². The number of amides is 1. The van der Waals surface area contributed by atoms with Crippen LogP contribution in [0.3, 0.4) is 0 Å². The molecule has 0 saturated carbocycles. The lowest BCUT2D eigenvalue weighted by atomic mass is 9.89. The number of carbonyl (C=O) groups excluding carboxylic acids is 1. The number of aromatic nitrogens is 1. The third kappa shape index (κ3) is 5.98. The number of anilines is 1. The Morgan fingerprint density at radius 3 is 2.67 bits per heavy atom. The van der Waals surface area contributed by atoms with Crippen LogP contribution in [0.5, 0.6) is 0 Å². The predicted molar refractivity (Wildman–Crippen MR) is 133 cm³/mol. The van der Waals surface area contributed by atoms with Crippen LogP contribution < -0.4 is 5.32 Å². The zero-order chi connectivity index (χ0) is 26.5. The Morgan fingerprint density at radius 1 is 1.31 bits per heavy atom. The second-order valence-corrected chi connectivity index (χ2v) is 8.68. The number of nitrogens with zero attached hydrogens (tertiary/aromatic N) is 4. The Hall–Kier alpha value is -3.56. The van der Waals surface area contributed by atoms with E-state index in [9.17, 15) is 22.4 Å². The maximum absolute atomic E-state index is 14.5. The van der Waals surface area contributed by atoms with Gasteiger partial charge in [-0.25, -0.2) is 19.4 Å². The first-order valence-corrected chi connectivity index (χ1v) is 11.6. The number of pyridine rings is 1. The molecule has 1 aromatic carbocycles. The van der Waals surface area contributed by atoms with Crippen molar-refractivity contribution in [2.75, 3.05) is 18.4 Å². The quantitative estimate of drug-likeness (QED) is 0.304. The number of hydrogen-bond acceptors (Lipinski definition) is 4. The van der Waals surface area contributed by atoms with Gasteiger partial charge in [-0.15, -0.1) is 0 Å². The smallest absolute Gasteiger partial charge is 0.368 e. The summed E-state index contributed by atoms with van der Waals surface area (Å²) in [6, 6.07) is 4.64. The molecule has 0 unspecified atom stereocenters. The first-order chi connectivity index (χ1) is 17.1. The molecular formula is C26H29F4N5O. The Balaban J connectivity index is 1.91. The molecule has 0 spiro atoms. The van der Waals surface area contributed by atoms with Crippen LogP contribution in [0.1, 0.15) is 53.7 Å². The monoisotopic (exact) mass is 503 g/mol. The molecule has 1 aromatic heterocycles. The topological polar surface area (TPSA) is 70.0 Å². The van der Waals surface area contributed by atoms with Crippen LogP contribution in [-0.4, -0.2) is 47.5 Å². The normalized spacial score (nSPS) is 19.0. The lowest BCUT2D eigenvalue weighted by Crippen LogP contribution is -2.51. The molecule has 2 aromatic rings. The number of piperidine rings is 1. The van der Waals surface area contributed by atoms with Gasteiger partial charge in [0.15, 0.2) is 5.84 Å². The van der Waals surface area contributed by atoms with Gasteiger partial charge in [-0.05, 0) is 69.2 Å². The second-order valence-electron chi connectivity index (χ2n) is 8.68. The van der Waals surface area contributed by atoms with Crippen LogP contribution >= 0.6 is 0 Å². The minimum atomic E-state index is -4.47. The van der Waals surface area contributed by atoms with E-state index in [1.165, 1.54) is 24.4 Å². The van der Waals surface area contributed by atoms with Crippen LogP contribution in [0.2, 0.25) is 0 Å². The van der Waals surface area contributed by atoms with Gasteiger partial charge in [0.25, 0.3) is 5.91 Å². The molecule has 2 atom stereocenters. The molecule has 1 aliphatic rings. The summed E-state index contributed by atoms with van der Waals surface area (Å²) in [4.78, 5) is 27.5. The molecule has 1 N–H and O–H groups in total. The Morgan fingerprint density at radius 2 is 2.06 bits per heavy atom. The number of carbonyl (C=O) groups is 1. The largest absolute Gasteiger partial charge is 0.417 e. The molecule has 6 nitrogen and oxygen atoms in total. The molecule has 0 bridgehead atoms. The lowest BCUT2D eigenvalue weighted by Gasteiger charge is -2.40. The van der Waals surface area contributed by atoms with Crippen LogP contribution in [0.15, 0.2) is 52.7 Å². The molecule has 0 aliphatic carbocycles. The van der Waals surface area contributed by atoms with E-state index in [0.29, 0.717) is 13.1 Å². The van der Waals surface area contributed by atoms with Gasteiger partial charge in [0.1, 0.15) is 11.6 Å². The van der Waals surface area contributed by atoms with Crippen LogP contribution in [0.4, 0.5) is 23.4 Å². The van der Waals surface area contributed by atoms with Crippen LogP contribution in [0, 0.1) is 18.7 Å². The summed E-state index contributed by atoms with van der Waals surface area (Å²) in [5, 5.41) is 3.06. The van der Waals surface area contributed by atoms with Crippen molar-refractivity contribution in [1.82, 2.24) is 9.88 Å². The summed E-state index contributed by atoms with van der Waals surface area (Å²) in [5.41, 5.74) is -0.0507. The summed E-state index contributed by atoms with van der Waals surface area (Å²) in [7, 11) is 0. The van der Waals surface area contributed by atoms with Crippen molar-refractivity contribution < 1.29 is 22.4 Å². The first-order valence-electron chi connectivity index (χ1n) is 11.6. The number of rotatable bonds is 6. The summed E-state index contributed by atoms with van der Waals surface area (Å²) in [6.07, 6.45) is 1.16. The van der Waals surface area contributed by atoms with E-state index < -0.39 is 17.6 Å². The highest BCUT2D eigenvalue weighted by molar-refractivity contribution is 6.11. The average Bonchev–Trinajstić information content (AvgIpc) is 2.85. The first kappa shape index (κ1) is 27.0. The zero-order valence-electron chi connectivity index (χ0n) is 20.4. The van der Waals surface area contributed by atoms with Gasteiger partial charge >= 0.3 is 6.18 Å². The molecule has 1 aliphatic heterocycles. The summed E-state index contributed by atoms with van der Waals surface area (Å²) in [6.45, 7) is 9.66. The van der Waals surface area contributed by atoms with Crippen molar-refractivity contribution in [3.05, 3.63) is 70.8 Å². The molecule has 36 heavy (non-hydrogen) atoms. The highest BCUT2D eigenvalue weighted by Crippen LogP contribution is 2.30. The number of halogens is 4. The predicted octanol–water partition coefficient (Wildman–Crippen LogP) is 5.88. The molecular weight excluding hydrogens is 474 g/mol. The van der Waals surface area contributed by atoms with Gasteiger partial charge in [0.2, 0.25) is 0 Å². The molecule has 0 radical (unpaired) electrons. The average molecular weight is 504 g/mol. The van der Waals surface area contributed by atoms with E-state index >= 15 is 0 Å². The third-order valence-electron chi connectivity index (χ3n) is 6.31. The second kappa shape index (κ2) is 11.5. The van der Waals surface area contributed by atoms with Crippen LogP contribution in [-0.2, 0) is 6.18 Å². The third-order valence-corrected chi connectivity index (χ3v) is 6.31. The number of alkyl halides is 3. The van der Waals surface area contributed by atoms with E-state index in [0.717, 1.165) is 25.1 Å². The molecule has 10 heteroatoms. The molecule has 3 rings (SSSR count). The van der Waals surface area contributed by atoms with Crippen molar-refractivity contribution in [2.45, 2.75) is 45.8 Å². The zero-order valence-corrected chi connectivity index (χ0v) is 20.4. The van der Waals surface area contributed by atoms with Crippen molar-refractivity contribution in [3.8, 4) is 0 Å². The van der Waals surface area contributed by atoms with Gasteiger partial charge in [-0.2, -0.15) is 13.2 Å². The van der Waals surface area contributed by atoms with E-state index in [1.54, 1.807) is 24.8 Å². The van der Waals surface area contributed by atoms with Crippen molar-refractivity contribution in [1.29, 1.82) is 0 Å². The summed E-state index contributed by atoms with van der Waals surface area (Å²) < 4.78 is 53.0. The molecule has 1 fully saturated rings. The number of benzene rings is 1. The number of nitrogens with one attached hydrogen (secondary N) is 1. The van der Waals surface area contributed by atoms with E-state index in [2.05, 4.69) is 27.0 Å².